The molecule has 0 fully saturated rings. The predicted molar refractivity (Wildman–Crippen MR) is 87.3 cm³/mol. The lowest BCUT2D eigenvalue weighted by Gasteiger charge is -2.26. The SMILES string of the molecule is COc1ccc2c(c1)CCCC2NC(=O)Nc1ccccc1. The summed E-state index contributed by atoms with van der Waals surface area (Å²) in [4.78, 5) is 12.2. The largest absolute Gasteiger partial charge is 0.497 e. The summed E-state index contributed by atoms with van der Waals surface area (Å²) in [5, 5.41) is 5.94. The third kappa shape index (κ3) is 3.22. The third-order valence-corrected chi connectivity index (χ3v) is 4.00. The highest BCUT2D eigenvalue weighted by Gasteiger charge is 2.22. The number of carbonyl (C=O) groups excluding carboxylic acids is 1. The number of nitrogens with one attached hydrogen (secondary N) is 2. The normalized spacial score (nSPS) is 16.5. The summed E-state index contributed by atoms with van der Waals surface area (Å²) in [6.45, 7) is 0. The fourth-order valence-corrected chi connectivity index (χ4v) is 2.91. The van der Waals surface area contributed by atoms with Crippen LogP contribution in [0.25, 0.3) is 0 Å². The zero-order valence-electron chi connectivity index (χ0n) is 12.6. The molecule has 4 heteroatoms. The van der Waals surface area contributed by atoms with Crippen molar-refractivity contribution < 1.29 is 9.53 Å². The number of urea groups is 1. The van der Waals surface area contributed by atoms with Crippen LogP contribution >= 0.6 is 0 Å². The second-order valence-electron chi connectivity index (χ2n) is 5.47. The van der Waals surface area contributed by atoms with Crippen LogP contribution in [0.1, 0.15) is 30.0 Å². The molecule has 1 unspecified atom stereocenters. The lowest BCUT2D eigenvalue weighted by molar-refractivity contribution is 0.247. The third-order valence-electron chi connectivity index (χ3n) is 4.00. The predicted octanol–water partition coefficient (Wildman–Crippen LogP) is 3.89. The summed E-state index contributed by atoms with van der Waals surface area (Å²) >= 11 is 0. The van der Waals surface area contributed by atoms with Crippen molar-refractivity contribution >= 4 is 11.7 Å². The van der Waals surface area contributed by atoms with Gasteiger partial charge in [0.25, 0.3) is 0 Å². The molecule has 0 heterocycles. The van der Waals surface area contributed by atoms with Gasteiger partial charge in [-0.15, -0.1) is 0 Å². The number of hydrogen-bond donors (Lipinski definition) is 2. The van der Waals surface area contributed by atoms with E-state index in [4.69, 9.17) is 4.74 Å². The van der Waals surface area contributed by atoms with Gasteiger partial charge in [0.1, 0.15) is 5.75 Å². The molecule has 1 atom stereocenters. The Bertz CT molecular complexity index is 655. The molecular weight excluding hydrogens is 276 g/mol. The van der Waals surface area contributed by atoms with Gasteiger partial charge in [-0.3, -0.25) is 0 Å². The van der Waals surface area contributed by atoms with Crippen molar-refractivity contribution in [2.75, 3.05) is 12.4 Å². The number of ether oxygens (including phenoxy) is 1. The number of para-hydroxylation sites is 1. The van der Waals surface area contributed by atoms with Gasteiger partial charge in [0, 0.05) is 5.69 Å². The molecule has 0 saturated heterocycles. The highest BCUT2D eigenvalue weighted by Crippen LogP contribution is 2.32. The minimum Gasteiger partial charge on any atom is -0.497 e. The van der Waals surface area contributed by atoms with Crippen molar-refractivity contribution in [3.05, 3.63) is 59.7 Å². The number of hydrogen-bond acceptors (Lipinski definition) is 2. The standard InChI is InChI=1S/C18H20N2O2/c1-22-15-10-11-16-13(12-15)6-5-9-17(16)20-18(21)19-14-7-3-2-4-8-14/h2-4,7-8,10-12,17H,5-6,9H2,1H3,(H2,19,20,21). The Morgan fingerprint density at radius 1 is 1.18 bits per heavy atom. The van der Waals surface area contributed by atoms with Crippen LogP contribution in [0.4, 0.5) is 10.5 Å². The molecule has 2 amide bonds. The Hall–Kier alpha value is -2.49. The minimum absolute atomic E-state index is 0.0540. The first-order valence-electron chi connectivity index (χ1n) is 7.55. The van der Waals surface area contributed by atoms with E-state index < -0.39 is 0 Å². The van der Waals surface area contributed by atoms with E-state index in [2.05, 4.69) is 22.8 Å². The smallest absolute Gasteiger partial charge is 0.319 e. The topological polar surface area (TPSA) is 50.4 Å². The molecule has 22 heavy (non-hydrogen) atoms. The van der Waals surface area contributed by atoms with E-state index in [1.165, 1.54) is 11.1 Å². The van der Waals surface area contributed by atoms with E-state index in [0.717, 1.165) is 30.7 Å². The van der Waals surface area contributed by atoms with Crippen LogP contribution in [0.5, 0.6) is 5.75 Å². The molecule has 0 bridgehead atoms. The van der Waals surface area contributed by atoms with Crippen molar-refractivity contribution in [3.63, 3.8) is 0 Å². The van der Waals surface area contributed by atoms with Gasteiger partial charge in [-0.1, -0.05) is 24.3 Å². The summed E-state index contributed by atoms with van der Waals surface area (Å²) in [7, 11) is 1.67. The average molecular weight is 296 g/mol. The first-order chi connectivity index (χ1) is 10.8. The fourth-order valence-electron chi connectivity index (χ4n) is 2.91. The van der Waals surface area contributed by atoms with Crippen LogP contribution in [0, 0.1) is 0 Å². The monoisotopic (exact) mass is 296 g/mol. The van der Waals surface area contributed by atoms with Crippen LogP contribution < -0.4 is 15.4 Å². The number of aryl methyl sites for hydroxylation is 1. The van der Waals surface area contributed by atoms with Gasteiger partial charge in [-0.2, -0.15) is 0 Å². The number of anilines is 1. The van der Waals surface area contributed by atoms with Crippen LogP contribution in [-0.4, -0.2) is 13.1 Å². The summed E-state index contributed by atoms with van der Waals surface area (Å²) in [6, 6.07) is 15.4. The van der Waals surface area contributed by atoms with Crippen LogP contribution in [0.3, 0.4) is 0 Å². The van der Waals surface area contributed by atoms with Gasteiger partial charge in [-0.25, -0.2) is 4.79 Å². The Morgan fingerprint density at radius 2 is 2.00 bits per heavy atom. The number of benzene rings is 2. The lowest BCUT2D eigenvalue weighted by atomic mass is 9.87. The molecule has 4 nitrogen and oxygen atoms in total. The Kier molecular flexibility index (Phi) is 4.28. The quantitative estimate of drug-likeness (QED) is 0.902. The number of methoxy groups -OCH3 is 1. The van der Waals surface area contributed by atoms with Crippen LogP contribution in [0.15, 0.2) is 48.5 Å². The van der Waals surface area contributed by atoms with Gasteiger partial charge >= 0.3 is 6.03 Å². The molecule has 0 aromatic heterocycles. The van der Waals surface area contributed by atoms with E-state index in [0.29, 0.717) is 0 Å². The first-order valence-corrected chi connectivity index (χ1v) is 7.55. The Balaban J connectivity index is 1.70. The molecule has 0 spiro atoms. The molecule has 114 valence electrons. The maximum atomic E-state index is 12.2. The van der Waals surface area contributed by atoms with Crippen LogP contribution in [0.2, 0.25) is 0 Å². The fraction of sp³-hybridized carbons (Fsp3) is 0.278. The van der Waals surface area contributed by atoms with Gasteiger partial charge in [0.05, 0.1) is 13.2 Å². The molecule has 0 aliphatic heterocycles. The molecule has 0 saturated carbocycles. The van der Waals surface area contributed by atoms with E-state index in [-0.39, 0.29) is 12.1 Å². The zero-order chi connectivity index (χ0) is 15.4. The van der Waals surface area contributed by atoms with Crippen molar-refractivity contribution in [1.29, 1.82) is 0 Å². The molecule has 3 rings (SSSR count). The summed E-state index contributed by atoms with van der Waals surface area (Å²) in [6.07, 6.45) is 3.06. The van der Waals surface area contributed by atoms with Crippen LogP contribution in [-0.2, 0) is 6.42 Å². The van der Waals surface area contributed by atoms with E-state index in [1.54, 1.807) is 7.11 Å². The molecule has 2 N–H and O–H groups in total. The second-order valence-corrected chi connectivity index (χ2v) is 5.47. The second kappa shape index (κ2) is 6.52. The van der Waals surface area contributed by atoms with Gasteiger partial charge in [0.15, 0.2) is 0 Å². The van der Waals surface area contributed by atoms with Gasteiger partial charge in [-0.05, 0) is 54.7 Å². The molecule has 2 aromatic rings. The number of amides is 2. The van der Waals surface area contributed by atoms with E-state index in [9.17, 15) is 4.79 Å². The molecule has 1 aliphatic carbocycles. The van der Waals surface area contributed by atoms with Gasteiger partial charge < -0.3 is 15.4 Å². The van der Waals surface area contributed by atoms with Crippen molar-refractivity contribution in [2.24, 2.45) is 0 Å². The number of rotatable bonds is 3. The maximum Gasteiger partial charge on any atom is 0.319 e. The molecular formula is C18H20N2O2. The minimum atomic E-state index is -0.167. The molecule has 1 aliphatic rings. The first kappa shape index (κ1) is 14.4. The number of carbonyl (C=O) groups is 1. The summed E-state index contributed by atoms with van der Waals surface area (Å²) in [5.41, 5.74) is 3.25. The van der Waals surface area contributed by atoms with Crippen molar-refractivity contribution in [3.8, 4) is 5.75 Å². The van der Waals surface area contributed by atoms with Crippen molar-refractivity contribution in [1.82, 2.24) is 5.32 Å². The maximum absolute atomic E-state index is 12.2. The molecule has 2 aromatic carbocycles. The van der Waals surface area contributed by atoms with Crippen molar-refractivity contribution in [2.45, 2.75) is 25.3 Å². The lowest BCUT2D eigenvalue weighted by Crippen LogP contribution is -2.34. The van der Waals surface area contributed by atoms with Gasteiger partial charge in [0.2, 0.25) is 0 Å². The Labute approximate surface area is 130 Å². The molecule has 0 radical (unpaired) electrons. The zero-order valence-corrected chi connectivity index (χ0v) is 12.6. The van der Waals surface area contributed by atoms with E-state index in [1.807, 2.05) is 36.4 Å². The Morgan fingerprint density at radius 3 is 2.77 bits per heavy atom. The summed E-state index contributed by atoms with van der Waals surface area (Å²) in [5.74, 6) is 0.869. The highest BCUT2D eigenvalue weighted by molar-refractivity contribution is 5.89. The average Bonchev–Trinajstić information content (AvgIpc) is 2.55. The van der Waals surface area contributed by atoms with E-state index >= 15 is 0 Å². The summed E-state index contributed by atoms with van der Waals surface area (Å²) < 4.78 is 5.28. The number of fused-ring (bicyclic) bond motifs is 1. The highest BCUT2D eigenvalue weighted by atomic mass is 16.5.